The lowest BCUT2D eigenvalue weighted by Gasteiger charge is -2.50. The highest BCUT2D eigenvalue weighted by Crippen LogP contribution is 2.69. The molecule has 5 heterocycles. The molecule has 1 aliphatic carbocycles. The van der Waals surface area contributed by atoms with Crippen molar-refractivity contribution in [2.75, 3.05) is 13.7 Å². The molecule has 5 aliphatic heterocycles. The highest BCUT2D eigenvalue weighted by Gasteiger charge is 2.83. The van der Waals surface area contributed by atoms with Crippen LogP contribution in [0.3, 0.4) is 0 Å². The van der Waals surface area contributed by atoms with Crippen LogP contribution in [-0.2, 0) is 28.7 Å². The summed E-state index contributed by atoms with van der Waals surface area (Å²) in [5, 5.41) is 22.3. The van der Waals surface area contributed by atoms with Gasteiger partial charge >= 0.3 is 5.97 Å². The summed E-state index contributed by atoms with van der Waals surface area (Å²) in [6.45, 7) is 5.80. The number of likely N-dealkylation sites (N-methyl/N-ethyl adjacent to an activating group) is 1. The van der Waals surface area contributed by atoms with E-state index in [1.807, 2.05) is 0 Å². The molecule has 5 saturated heterocycles. The Morgan fingerprint density at radius 1 is 1.24 bits per heavy atom. The van der Waals surface area contributed by atoms with E-state index in [9.17, 15) is 29.4 Å². The van der Waals surface area contributed by atoms with Crippen molar-refractivity contribution in [3.8, 4) is 0 Å². The number of hydrogen-bond acceptors (Lipinski definition) is 11. The van der Waals surface area contributed by atoms with E-state index in [4.69, 9.17) is 9.47 Å². The molecular weight excluding hydrogens is 492 g/mol. The summed E-state index contributed by atoms with van der Waals surface area (Å²) in [5.74, 6) is -1.96. The first-order valence-electron chi connectivity index (χ1n) is 10.6. The van der Waals surface area contributed by atoms with Crippen LogP contribution in [0.4, 0.5) is 0 Å². The zero-order valence-electron chi connectivity index (χ0n) is 18.8. The topological polar surface area (TPSA) is 134 Å². The summed E-state index contributed by atoms with van der Waals surface area (Å²) in [6, 6.07) is -1.02. The molecule has 0 unspecified atom stereocenters. The summed E-state index contributed by atoms with van der Waals surface area (Å²) in [5.41, 5.74) is -4.45. The molecule has 6 aliphatic rings. The van der Waals surface area contributed by atoms with Crippen LogP contribution in [0.2, 0.25) is 0 Å². The van der Waals surface area contributed by atoms with Crippen molar-refractivity contribution < 1.29 is 38.9 Å². The van der Waals surface area contributed by atoms with E-state index < -0.39 is 69.0 Å². The van der Waals surface area contributed by atoms with Crippen LogP contribution in [0.5, 0.6) is 0 Å². The lowest BCUT2D eigenvalue weighted by atomic mass is 9.76. The van der Waals surface area contributed by atoms with E-state index in [1.54, 1.807) is 20.8 Å². The predicted octanol–water partition coefficient (Wildman–Crippen LogP) is 0.307. The first-order valence-corrected chi connectivity index (χ1v) is 14.1. The molecule has 6 fully saturated rings. The lowest BCUT2D eigenvalue weighted by molar-refractivity contribution is -0.189. The lowest BCUT2D eigenvalue weighted by Crippen LogP contribution is -2.73. The minimum atomic E-state index is -1.89. The van der Waals surface area contributed by atoms with E-state index in [0.717, 1.165) is 21.6 Å². The third-order valence-electron chi connectivity index (χ3n) is 8.12. The molecule has 0 aromatic carbocycles. The number of carbonyl (C=O) groups excluding carboxylic acids is 4. The van der Waals surface area contributed by atoms with Crippen LogP contribution in [0.15, 0.2) is 0 Å². The molecule has 0 radical (unpaired) electrons. The van der Waals surface area contributed by atoms with Gasteiger partial charge in [0.25, 0.3) is 11.8 Å². The second-order valence-corrected chi connectivity index (χ2v) is 14.5. The molecular formula is C20H26N2O8S3. The second kappa shape index (κ2) is 6.82. The number of hydrogen-bond donors (Lipinski definition) is 2. The Bertz CT molecular complexity index is 994. The van der Waals surface area contributed by atoms with Crippen molar-refractivity contribution in [2.45, 2.75) is 79.7 Å². The SMILES string of the molecule is CC(=O)O[C@H]1[C@]2(O)C[C@]34SSS[C@](CO)(C(=O)N3[C@@H]2C[C@]12O[C@H](C)C(C)(C)C2=O)N(C)C4=O. The number of ether oxygens (including phenoxy) is 2. The average molecular weight is 519 g/mol. The summed E-state index contributed by atoms with van der Waals surface area (Å²) < 4.78 is 11.8. The van der Waals surface area contributed by atoms with Crippen LogP contribution < -0.4 is 0 Å². The van der Waals surface area contributed by atoms with Gasteiger partial charge in [0.1, 0.15) is 5.60 Å². The number of esters is 1. The summed E-state index contributed by atoms with van der Waals surface area (Å²) in [6.07, 6.45) is -2.26. The maximum Gasteiger partial charge on any atom is 0.303 e. The number of amides is 2. The van der Waals surface area contributed by atoms with Gasteiger partial charge in [-0.15, -0.1) is 0 Å². The van der Waals surface area contributed by atoms with Crippen LogP contribution in [0.1, 0.15) is 40.5 Å². The van der Waals surface area contributed by atoms with Gasteiger partial charge in [-0.1, -0.05) is 13.8 Å². The summed E-state index contributed by atoms with van der Waals surface area (Å²) in [4.78, 5) is 52.8. The number of ketones is 1. The molecule has 2 spiro atoms. The number of aliphatic hydroxyl groups is 2. The quantitative estimate of drug-likeness (QED) is 0.386. The Morgan fingerprint density at radius 3 is 2.45 bits per heavy atom. The van der Waals surface area contributed by atoms with E-state index in [1.165, 1.54) is 33.6 Å². The fourth-order valence-corrected chi connectivity index (χ4v) is 12.0. The van der Waals surface area contributed by atoms with E-state index in [-0.39, 0.29) is 18.6 Å². The van der Waals surface area contributed by atoms with Gasteiger partial charge in [0.05, 0.1) is 24.2 Å². The van der Waals surface area contributed by atoms with Gasteiger partial charge in [0, 0.05) is 26.8 Å². The van der Waals surface area contributed by atoms with Gasteiger partial charge in [0.2, 0.25) is 4.87 Å². The van der Waals surface area contributed by atoms with Crippen molar-refractivity contribution in [3.05, 3.63) is 0 Å². The highest BCUT2D eigenvalue weighted by atomic mass is 33.5. The van der Waals surface area contributed by atoms with Crippen molar-refractivity contribution in [2.24, 2.45) is 5.41 Å². The van der Waals surface area contributed by atoms with E-state index in [2.05, 4.69) is 0 Å². The number of rotatable bonds is 2. The zero-order valence-corrected chi connectivity index (χ0v) is 21.3. The molecule has 2 amide bonds. The Morgan fingerprint density at radius 2 is 1.91 bits per heavy atom. The molecule has 1 saturated carbocycles. The molecule has 6 rings (SSSR count). The number of nitrogens with zero attached hydrogens (tertiary/aromatic N) is 2. The monoisotopic (exact) mass is 518 g/mol. The fourth-order valence-electron chi connectivity index (χ4n) is 6.10. The van der Waals surface area contributed by atoms with Crippen LogP contribution in [0, 0.1) is 5.41 Å². The van der Waals surface area contributed by atoms with Gasteiger partial charge in [0.15, 0.2) is 22.4 Å². The number of Topliss-reactive ketones (excluding diaryl/α,β-unsaturated/α-hetero) is 1. The second-order valence-electron chi connectivity index (χ2n) is 10.1. The van der Waals surface area contributed by atoms with E-state index >= 15 is 0 Å². The molecule has 7 atom stereocenters. The molecule has 13 heteroatoms. The molecule has 2 bridgehead atoms. The van der Waals surface area contributed by atoms with E-state index in [0.29, 0.717) is 0 Å². The molecule has 33 heavy (non-hydrogen) atoms. The molecule has 0 aromatic heterocycles. The molecule has 2 N–H and O–H groups in total. The van der Waals surface area contributed by atoms with Crippen molar-refractivity contribution >= 4 is 55.0 Å². The first kappa shape index (κ1) is 23.7. The standard InChI is InChI=1S/C20H26N2O8S3/c1-9-16(3,4)12(25)18(30-9)6-11-17(28,13(18)29-10(2)24)7-19-14(26)21(5)20(8-23,32-33-31-19)15(27)22(11)19/h9,11,13,23,28H,6-8H2,1-5H3/t9-,11-,13+,17+,18-,19-,20-/m1/s1. The van der Waals surface area contributed by atoms with Crippen LogP contribution in [0.25, 0.3) is 0 Å². The van der Waals surface area contributed by atoms with Crippen molar-refractivity contribution in [3.63, 3.8) is 0 Å². The maximum atomic E-state index is 13.9. The third kappa shape index (κ3) is 2.51. The predicted molar refractivity (Wildman–Crippen MR) is 121 cm³/mol. The molecule has 182 valence electrons. The third-order valence-corrected chi connectivity index (χ3v) is 13.2. The maximum absolute atomic E-state index is 13.9. The minimum absolute atomic E-state index is 0.115. The minimum Gasteiger partial charge on any atom is -0.456 e. The van der Waals surface area contributed by atoms with Gasteiger partial charge in [-0.05, 0) is 38.3 Å². The normalized spacial score (nSPS) is 47.8. The van der Waals surface area contributed by atoms with Crippen LogP contribution >= 0.6 is 31.4 Å². The zero-order chi connectivity index (χ0) is 24.4. The van der Waals surface area contributed by atoms with Gasteiger partial charge < -0.3 is 29.5 Å². The molecule has 10 nitrogen and oxygen atoms in total. The van der Waals surface area contributed by atoms with Crippen LogP contribution in [-0.4, -0.2) is 96.4 Å². The average Bonchev–Trinajstić information content (AvgIpc) is 3.10. The Labute approximate surface area is 202 Å². The first-order chi connectivity index (χ1) is 15.2. The fraction of sp³-hybridized carbons (Fsp3) is 0.800. The van der Waals surface area contributed by atoms with Gasteiger partial charge in [-0.25, -0.2) is 0 Å². The van der Waals surface area contributed by atoms with Gasteiger partial charge in [-0.2, -0.15) is 0 Å². The number of carbonyl (C=O) groups is 4. The summed E-state index contributed by atoms with van der Waals surface area (Å²) >= 11 is 0. The van der Waals surface area contributed by atoms with Gasteiger partial charge in [-0.3, -0.25) is 19.2 Å². The number of piperazine rings is 1. The summed E-state index contributed by atoms with van der Waals surface area (Å²) in [7, 11) is 4.90. The highest BCUT2D eigenvalue weighted by molar-refractivity contribution is 9.10. The number of fused-ring (bicyclic) bond motifs is 4. The van der Waals surface area contributed by atoms with Crippen molar-refractivity contribution in [1.29, 1.82) is 0 Å². The smallest absolute Gasteiger partial charge is 0.303 e. The Hall–Kier alpha value is -0.990. The Balaban J connectivity index is 1.69. The van der Waals surface area contributed by atoms with Crippen molar-refractivity contribution in [1.82, 2.24) is 9.80 Å². The molecule has 0 aromatic rings. The largest absolute Gasteiger partial charge is 0.456 e. The Kier molecular flexibility index (Phi) is 4.90. The number of aliphatic hydroxyl groups excluding tert-OH is 1.